The summed E-state index contributed by atoms with van der Waals surface area (Å²) in [4.78, 5) is 17.8. The highest BCUT2D eigenvalue weighted by atomic mass is 16.7. The molecule has 0 amide bonds. The van der Waals surface area contributed by atoms with E-state index in [2.05, 4.69) is 10.3 Å². The number of nitrogens with one attached hydrogen (secondary N) is 2. The summed E-state index contributed by atoms with van der Waals surface area (Å²) in [6, 6.07) is 23.1. The molecule has 300 valence electrons. The van der Waals surface area contributed by atoms with Crippen LogP contribution >= 0.6 is 0 Å². The minimum absolute atomic E-state index is 0.0547. The lowest BCUT2D eigenvalue weighted by Crippen LogP contribution is -2.72. The highest BCUT2D eigenvalue weighted by Gasteiger charge is 2.77. The fourth-order valence-corrected chi connectivity index (χ4v) is 12.8. The third-order valence-corrected chi connectivity index (χ3v) is 15.0. The molecule has 4 aromatic carbocycles. The summed E-state index contributed by atoms with van der Waals surface area (Å²) in [5.74, 6) is -3.66. The van der Waals surface area contributed by atoms with Crippen LogP contribution in [0, 0.1) is 23.2 Å². The van der Waals surface area contributed by atoms with Crippen molar-refractivity contribution in [1.82, 2.24) is 10.3 Å². The van der Waals surface area contributed by atoms with Crippen molar-refractivity contribution >= 4 is 38.4 Å². The number of hydrogen-bond donors (Lipinski definition) is 8. The molecule has 57 heavy (non-hydrogen) atoms. The van der Waals surface area contributed by atoms with Crippen LogP contribution < -0.4 is 10.1 Å². The van der Waals surface area contributed by atoms with Crippen LogP contribution in [0.5, 0.6) is 11.5 Å². The molecule has 0 radical (unpaired) electrons. The van der Waals surface area contributed by atoms with Crippen LogP contribution in [0.2, 0.25) is 0 Å². The first-order chi connectivity index (χ1) is 27.5. The van der Waals surface area contributed by atoms with Crippen LogP contribution in [0.4, 0.5) is 0 Å². The van der Waals surface area contributed by atoms with Gasteiger partial charge in [0, 0.05) is 17.4 Å². The lowest BCUT2D eigenvalue weighted by molar-refractivity contribution is -0.320. The summed E-state index contributed by atoms with van der Waals surface area (Å²) < 4.78 is 19.3. The number of carbonyl (C=O) groups excluding carboxylic acids is 1. The smallest absolute Gasteiger partial charge is 0.343 e. The minimum atomic E-state index is -2.57. The van der Waals surface area contributed by atoms with Gasteiger partial charge in [-0.1, -0.05) is 48.9 Å². The van der Waals surface area contributed by atoms with Gasteiger partial charge in [-0.05, 0) is 121 Å². The van der Waals surface area contributed by atoms with E-state index in [-0.39, 0.29) is 41.4 Å². The number of benzene rings is 4. The fraction of sp³-hybridized carbons (Fsp3) is 0.489. The van der Waals surface area contributed by atoms with E-state index >= 15 is 0 Å². The number of phenolic OH excluding ortho intramolecular Hbond substituents is 1. The van der Waals surface area contributed by atoms with Crippen LogP contribution in [0.3, 0.4) is 0 Å². The van der Waals surface area contributed by atoms with Gasteiger partial charge < -0.3 is 55.2 Å². The number of esters is 1. The molecule has 11 atom stereocenters. The van der Waals surface area contributed by atoms with E-state index < -0.39 is 65.8 Å². The predicted octanol–water partition coefficient (Wildman–Crippen LogP) is 4.28. The van der Waals surface area contributed by atoms with E-state index in [0.717, 1.165) is 52.8 Å². The second-order valence-electron chi connectivity index (χ2n) is 17.5. The van der Waals surface area contributed by atoms with Crippen LogP contribution in [0.1, 0.15) is 56.2 Å². The maximum atomic E-state index is 14.6. The number of aromatic amines is 1. The molecule has 2 saturated heterocycles. The summed E-state index contributed by atoms with van der Waals surface area (Å²) in [7, 11) is 1.85. The second kappa shape index (κ2) is 13.2. The van der Waals surface area contributed by atoms with Gasteiger partial charge in [0.15, 0.2) is 17.5 Å². The quantitative estimate of drug-likeness (QED) is 0.0869. The van der Waals surface area contributed by atoms with Crippen LogP contribution in [0.25, 0.3) is 32.4 Å². The number of phenols is 1. The second-order valence-corrected chi connectivity index (χ2v) is 17.5. The Morgan fingerprint density at radius 2 is 1.74 bits per heavy atom. The molecule has 5 aliphatic rings. The number of hydrogen-bond acceptors (Lipinski definition) is 11. The number of fused-ring (bicyclic) bond motifs is 9. The fourth-order valence-electron chi connectivity index (χ4n) is 12.8. The number of aliphatic hydroxyl groups excluding tert-OH is 3. The molecule has 8 N–H and O–H groups in total. The monoisotopic (exact) mass is 778 g/mol. The van der Waals surface area contributed by atoms with Crippen molar-refractivity contribution < 1.29 is 49.6 Å². The van der Waals surface area contributed by atoms with Gasteiger partial charge >= 0.3 is 5.97 Å². The summed E-state index contributed by atoms with van der Waals surface area (Å²) in [6.07, 6.45) is -0.0249. The molecule has 10 rings (SSSR count). The number of ether oxygens (including phenoxy) is 3. The molecule has 2 aliphatic heterocycles. The molecule has 0 bridgehead atoms. The van der Waals surface area contributed by atoms with Gasteiger partial charge in [0.25, 0.3) is 0 Å². The molecule has 5 aromatic rings. The van der Waals surface area contributed by atoms with Crippen molar-refractivity contribution in [3.63, 3.8) is 0 Å². The zero-order valence-electron chi connectivity index (χ0n) is 31.9. The van der Waals surface area contributed by atoms with E-state index in [1.54, 1.807) is 12.1 Å². The zero-order valence-corrected chi connectivity index (χ0v) is 31.9. The summed E-state index contributed by atoms with van der Waals surface area (Å²) in [6.45, 7) is -0.965. The summed E-state index contributed by atoms with van der Waals surface area (Å²) in [5, 5.41) is 76.4. The standard InChI is InChI=1S/C45H50N2O10/c1-46-21-28-18-27-20-44(53)40(56-39(27)43(38(28)51)16-14-29-7-4-15-42(29,43)30-9-11-31(50)12-10-30)37(57-45(44,54)23-49)41(52)55-36-34(22-48)47-33-13-8-26-17-24-5-2-3-6-25(24)19-32(26)35(33)36/h2-3,5-6,8-13,17,19,27-29,37-40,46-51,53-54H,4,7,14-16,18,20-23H2,1H3/t27-,28-,29-,37-,38+,39+,40+,42+,43-,44-,45+/m1/s1. The van der Waals surface area contributed by atoms with Gasteiger partial charge in [0.1, 0.15) is 18.5 Å². The van der Waals surface area contributed by atoms with Crippen molar-refractivity contribution in [3.05, 3.63) is 84.1 Å². The Balaban J connectivity index is 1.08. The summed E-state index contributed by atoms with van der Waals surface area (Å²) >= 11 is 0. The maximum Gasteiger partial charge on any atom is 0.343 e. The van der Waals surface area contributed by atoms with E-state index in [4.69, 9.17) is 14.2 Å². The molecule has 1 aromatic heterocycles. The van der Waals surface area contributed by atoms with Gasteiger partial charge in [-0.25, -0.2) is 4.79 Å². The third kappa shape index (κ3) is 4.99. The predicted molar refractivity (Wildman–Crippen MR) is 210 cm³/mol. The van der Waals surface area contributed by atoms with Gasteiger partial charge in [0.05, 0.1) is 35.4 Å². The number of carbonyl (C=O) groups is 1. The highest BCUT2D eigenvalue weighted by molar-refractivity contribution is 6.14. The molecular weight excluding hydrogens is 728 g/mol. The lowest BCUT2D eigenvalue weighted by atomic mass is 9.47. The van der Waals surface area contributed by atoms with Crippen LogP contribution in [-0.4, -0.2) is 97.6 Å². The highest BCUT2D eigenvalue weighted by Crippen LogP contribution is 2.72. The Hall–Kier alpha value is -4.11. The van der Waals surface area contributed by atoms with E-state index in [9.17, 15) is 35.4 Å². The van der Waals surface area contributed by atoms with E-state index in [1.165, 1.54) is 0 Å². The molecule has 12 heteroatoms. The van der Waals surface area contributed by atoms with E-state index in [0.29, 0.717) is 30.3 Å². The number of H-pyrrole nitrogens is 1. The van der Waals surface area contributed by atoms with Crippen molar-refractivity contribution in [2.75, 3.05) is 20.2 Å². The van der Waals surface area contributed by atoms with Crippen molar-refractivity contribution in [1.29, 1.82) is 0 Å². The Morgan fingerprint density at radius 3 is 2.47 bits per heavy atom. The molecule has 3 heterocycles. The Bertz CT molecular complexity index is 2380. The first kappa shape index (κ1) is 37.2. The largest absolute Gasteiger partial charge is 0.508 e. The lowest BCUT2D eigenvalue weighted by Gasteiger charge is -2.63. The first-order valence-corrected chi connectivity index (χ1v) is 20.3. The van der Waals surface area contributed by atoms with Crippen LogP contribution in [-0.2, 0) is 26.3 Å². The van der Waals surface area contributed by atoms with Crippen LogP contribution in [0.15, 0.2) is 72.8 Å². The normalized spacial score (nSPS) is 37.2. The Kier molecular flexibility index (Phi) is 8.61. The Labute approximate surface area is 329 Å². The molecule has 0 unspecified atom stereocenters. The number of rotatable bonds is 7. The van der Waals surface area contributed by atoms with Crippen molar-refractivity contribution in [2.24, 2.45) is 23.2 Å². The minimum Gasteiger partial charge on any atom is -0.508 e. The molecule has 5 fully saturated rings. The van der Waals surface area contributed by atoms with Gasteiger partial charge in [-0.2, -0.15) is 0 Å². The molecular formula is C45H50N2O10. The average molecular weight is 779 g/mol. The van der Waals surface area contributed by atoms with Crippen molar-refractivity contribution in [2.45, 2.75) is 92.8 Å². The number of aromatic hydroxyl groups is 1. The third-order valence-electron chi connectivity index (χ3n) is 15.0. The van der Waals surface area contributed by atoms with Gasteiger partial charge in [0.2, 0.25) is 5.79 Å². The van der Waals surface area contributed by atoms with Gasteiger partial charge in [-0.3, -0.25) is 0 Å². The molecule has 3 saturated carbocycles. The Morgan fingerprint density at radius 1 is 0.965 bits per heavy atom. The topological polar surface area (TPSA) is 194 Å². The molecule has 1 spiro atoms. The van der Waals surface area contributed by atoms with Crippen molar-refractivity contribution in [3.8, 4) is 11.5 Å². The molecule has 3 aliphatic carbocycles. The average Bonchev–Trinajstić information content (AvgIpc) is 3.95. The maximum absolute atomic E-state index is 14.6. The SMILES string of the molecule is CNC[C@H]1C[C@@H]2C[C@@]3(O)[C@@H](O[C@@H]2[C@@]2(CC[C@H]4CCC[C@@]42c2ccc(O)cc2)[C@H]1O)[C@H](C(=O)Oc1c(CO)[nH]c2ccc4cc5ccccc5cc4c12)O[C@@]3(O)CO. The van der Waals surface area contributed by atoms with E-state index in [1.807, 2.05) is 67.7 Å². The zero-order chi connectivity index (χ0) is 39.5. The number of aliphatic hydroxyl groups is 5. The number of aromatic nitrogens is 1. The molecule has 12 nitrogen and oxygen atoms in total. The summed E-state index contributed by atoms with van der Waals surface area (Å²) in [5.41, 5.74) is -1.68. The van der Waals surface area contributed by atoms with Gasteiger partial charge in [-0.15, -0.1) is 0 Å². The first-order valence-electron chi connectivity index (χ1n) is 20.3.